The summed E-state index contributed by atoms with van der Waals surface area (Å²) in [4.78, 5) is 12.7. The number of carbonyl (C=O) groups excluding carboxylic acids is 1. The van der Waals surface area contributed by atoms with E-state index in [1.807, 2.05) is 0 Å². The highest BCUT2D eigenvalue weighted by Crippen LogP contribution is 2.17. The van der Waals surface area contributed by atoms with Gasteiger partial charge in [0.15, 0.2) is 9.84 Å². The molecule has 7 nitrogen and oxygen atoms in total. The molecule has 0 atom stereocenters. The maximum Gasteiger partial charge on any atom is 0.257 e. The van der Waals surface area contributed by atoms with Crippen LogP contribution in [0.25, 0.3) is 5.69 Å². The van der Waals surface area contributed by atoms with Crippen molar-refractivity contribution in [3.63, 3.8) is 0 Å². The molecule has 0 radical (unpaired) electrons. The third kappa shape index (κ3) is 3.33. The molecule has 1 aromatic heterocycles. The molecule has 0 bridgehead atoms. The monoisotopic (exact) mass is 342 g/mol. The largest absolute Gasteiger partial charge is 0.322 e. The molecular formula is C16H14N4O3S. The molecule has 0 aliphatic heterocycles. The van der Waals surface area contributed by atoms with Gasteiger partial charge in [0.1, 0.15) is 0 Å². The Morgan fingerprint density at radius 1 is 1.08 bits per heavy atom. The average Bonchev–Trinajstić information content (AvgIpc) is 3.09. The average molecular weight is 342 g/mol. The highest BCUT2D eigenvalue weighted by atomic mass is 32.2. The number of nitrogens with zero attached hydrogens (tertiary/aromatic N) is 3. The van der Waals surface area contributed by atoms with Crippen LogP contribution in [0.3, 0.4) is 0 Å². The third-order valence-corrected chi connectivity index (χ3v) is 4.49. The molecular weight excluding hydrogens is 328 g/mol. The van der Waals surface area contributed by atoms with Gasteiger partial charge in [-0.25, -0.2) is 13.1 Å². The van der Waals surface area contributed by atoms with Crippen LogP contribution in [0.2, 0.25) is 0 Å². The van der Waals surface area contributed by atoms with Gasteiger partial charge in [0.25, 0.3) is 5.91 Å². The Bertz CT molecular complexity index is 965. The minimum Gasteiger partial charge on any atom is -0.322 e. The molecule has 0 fully saturated rings. The fourth-order valence-corrected chi connectivity index (χ4v) is 2.82. The highest BCUT2D eigenvalue weighted by molar-refractivity contribution is 7.90. The number of hydrogen-bond acceptors (Lipinski definition) is 5. The molecule has 0 aliphatic carbocycles. The molecule has 122 valence electrons. The van der Waals surface area contributed by atoms with Crippen molar-refractivity contribution in [1.29, 1.82) is 0 Å². The molecule has 0 saturated heterocycles. The Hall–Kier alpha value is -3.00. The molecule has 0 unspecified atom stereocenters. The molecule has 24 heavy (non-hydrogen) atoms. The lowest BCUT2D eigenvalue weighted by atomic mass is 10.1. The van der Waals surface area contributed by atoms with Crippen LogP contribution in [-0.2, 0) is 9.84 Å². The van der Waals surface area contributed by atoms with E-state index >= 15 is 0 Å². The zero-order valence-corrected chi connectivity index (χ0v) is 13.6. The minimum absolute atomic E-state index is 0.198. The van der Waals surface area contributed by atoms with Crippen molar-refractivity contribution < 1.29 is 13.2 Å². The maximum atomic E-state index is 12.5. The van der Waals surface area contributed by atoms with Crippen LogP contribution in [0.1, 0.15) is 10.4 Å². The van der Waals surface area contributed by atoms with Gasteiger partial charge in [0, 0.05) is 11.9 Å². The third-order valence-electron chi connectivity index (χ3n) is 3.36. The van der Waals surface area contributed by atoms with Crippen LogP contribution in [0.4, 0.5) is 5.69 Å². The quantitative estimate of drug-likeness (QED) is 0.782. The Morgan fingerprint density at radius 2 is 1.79 bits per heavy atom. The lowest BCUT2D eigenvalue weighted by Gasteiger charge is -2.10. The smallest absolute Gasteiger partial charge is 0.257 e. The van der Waals surface area contributed by atoms with E-state index in [0.717, 1.165) is 6.26 Å². The fraction of sp³-hybridized carbons (Fsp3) is 0.0625. The summed E-state index contributed by atoms with van der Waals surface area (Å²) in [6.07, 6.45) is 4.31. The van der Waals surface area contributed by atoms with Crippen LogP contribution in [0.15, 0.2) is 65.8 Å². The second-order valence-corrected chi connectivity index (χ2v) is 7.13. The summed E-state index contributed by atoms with van der Waals surface area (Å²) >= 11 is 0. The van der Waals surface area contributed by atoms with Crippen LogP contribution in [-0.4, -0.2) is 35.6 Å². The van der Waals surface area contributed by atoms with Crippen LogP contribution >= 0.6 is 0 Å². The summed E-state index contributed by atoms with van der Waals surface area (Å²) in [6.45, 7) is 0. The van der Waals surface area contributed by atoms with Crippen molar-refractivity contribution in [3.05, 3.63) is 66.5 Å². The first kappa shape index (κ1) is 15.9. The van der Waals surface area contributed by atoms with Gasteiger partial charge in [-0.1, -0.05) is 17.3 Å². The maximum absolute atomic E-state index is 12.5. The predicted octanol–water partition coefficient (Wildman–Crippen LogP) is 1.92. The summed E-state index contributed by atoms with van der Waals surface area (Å²) in [5, 5.41) is 10.4. The van der Waals surface area contributed by atoms with Crippen LogP contribution < -0.4 is 5.32 Å². The van der Waals surface area contributed by atoms with Gasteiger partial charge in [-0.2, -0.15) is 0 Å². The van der Waals surface area contributed by atoms with Gasteiger partial charge >= 0.3 is 0 Å². The van der Waals surface area contributed by atoms with E-state index in [9.17, 15) is 13.2 Å². The van der Waals surface area contributed by atoms with Crippen molar-refractivity contribution in [3.8, 4) is 5.69 Å². The van der Waals surface area contributed by atoms with Crippen LogP contribution in [0, 0.1) is 0 Å². The summed E-state index contributed by atoms with van der Waals surface area (Å²) in [7, 11) is -3.27. The standard InChI is InChI=1S/C16H14N4O3S/c1-24(22,23)13-8-6-12(7-9-13)18-16(21)14-4-2-3-5-15(14)20-11-10-17-19-20/h2-11H,1H3,(H,18,21). The molecule has 0 aliphatic rings. The van der Waals surface area contributed by atoms with Gasteiger partial charge in [-0.05, 0) is 36.4 Å². The number of aromatic nitrogens is 3. The van der Waals surface area contributed by atoms with Gasteiger partial charge in [-0.15, -0.1) is 5.10 Å². The van der Waals surface area contributed by atoms with E-state index in [1.54, 1.807) is 42.6 Å². The first-order valence-corrected chi connectivity index (χ1v) is 8.91. The minimum atomic E-state index is -3.27. The van der Waals surface area contributed by atoms with E-state index in [4.69, 9.17) is 0 Å². The summed E-state index contributed by atoms with van der Waals surface area (Å²) in [6, 6.07) is 13.0. The normalized spacial score (nSPS) is 11.2. The van der Waals surface area contributed by atoms with Gasteiger partial charge in [-0.3, -0.25) is 4.79 Å². The molecule has 3 rings (SSSR count). The molecule has 3 aromatic rings. The van der Waals surface area contributed by atoms with Crippen molar-refractivity contribution in [2.45, 2.75) is 4.90 Å². The summed E-state index contributed by atoms with van der Waals surface area (Å²) in [5.74, 6) is -0.326. The predicted molar refractivity (Wildman–Crippen MR) is 88.9 cm³/mol. The second kappa shape index (κ2) is 6.25. The zero-order chi connectivity index (χ0) is 17.2. The SMILES string of the molecule is CS(=O)(=O)c1ccc(NC(=O)c2ccccc2-n2ccnn2)cc1. The van der Waals surface area contributed by atoms with Crippen molar-refractivity contribution in [2.24, 2.45) is 0 Å². The number of rotatable bonds is 4. The Morgan fingerprint density at radius 3 is 2.42 bits per heavy atom. The Balaban J connectivity index is 1.86. The van der Waals surface area contributed by atoms with Crippen molar-refractivity contribution in [2.75, 3.05) is 11.6 Å². The van der Waals surface area contributed by atoms with E-state index in [2.05, 4.69) is 15.6 Å². The number of carbonyl (C=O) groups is 1. The lowest BCUT2D eigenvalue weighted by molar-refractivity contribution is 0.102. The van der Waals surface area contributed by atoms with Crippen molar-refractivity contribution >= 4 is 21.4 Å². The first-order chi connectivity index (χ1) is 11.4. The number of anilines is 1. The number of amides is 1. The topological polar surface area (TPSA) is 94.0 Å². The summed E-state index contributed by atoms with van der Waals surface area (Å²) < 4.78 is 24.4. The molecule has 1 heterocycles. The van der Waals surface area contributed by atoms with Crippen molar-refractivity contribution in [1.82, 2.24) is 15.0 Å². The van der Waals surface area contributed by atoms with E-state index < -0.39 is 9.84 Å². The molecule has 2 aromatic carbocycles. The molecule has 8 heteroatoms. The van der Waals surface area contributed by atoms with E-state index in [-0.39, 0.29) is 10.8 Å². The van der Waals surface area contributed by atoms with E-state index in [0.29, 0.717) is 16.9 Å². The Kier molecular flexibility index (Phi) is 4.13. The van der Waals surface area contributed by atoms with Gasteiger partial charge in [0.05, 0.1) is 28.5 Å². The number of nitrogens with one attached hydrogen (secondary N) is 1. The number of para-hydroxylation sites is 1. The zero-order valence-electron chi connectivity index (χ0n) is 12.7. The van der Waals surface area contributed by atoms with Crippen LogP contribution in [0.5, 0.6) is 0 Å². The second-order valence-electron chi connectivity index (χ2n) is 5.12. The molecule has 0 spiro atoms. The number of hydrogen-bond donors (Lipinski definition) is 1. The van der Waals surface area contributed by atoms with Gasteiger partial charge < -0.3 is 5.32 Å². The molecule has 1 amide bonds. The Labute approximate surface area is 138 Å². The van der Waals surface area contributed by atoms with Gasteiger partial charge in [0.2, 0.25) is 0 Å². The molecule has 0 saturated carbocycles. The molecule has 1 N–H and O–H groups in total. The fourth-order valence-electron chi connectivity index (χ4n) is 2.19. The first-order valence-electron chi connectivity index (χ1n) is 7.02. The lowest BCUT2D eigenvalue weighted by Crippen LogP contribution is -2.15. The summed E-state index contributed by atoms with van der Waals surface area (Å²) in [5.41, 5.74) is 1.52. The van der Waals surface area contributed by atoms with E-state index in [1.165, 1.54) is 23.0 Å². The number of benzene rings is 2. The highest BCUT2D eigenvalue weighted by Gasteiger charge is 2.13. The number of sulfone groups is 1.